The summed E-state index contributed by atoms with van der Waals surface area (Å²) in [4.78, 5) is 3.14. The number of hydrogen-bond donors (Lipinski definition) is 1. The standard InChI is InChI=1S/C6H9N.Li.H/c1-5-3-4-6(2)7-5;;/h3-4,7H,1-2H3;;/q;+1;-1. The fourth-order valence-corrected chi connectivity index (χ4v) is 0.644. The molecule has 1 N–H and O–H groups in total. The first-order chi connectivity index (χ1) is 3.29. The van der Waals surface area contributed by atoms with Gasteiger partial charge in [-0.15, -0.1) is 0 Å². The molecule has 0 bridgehead atoms. The van der Waals surface area contributed by atoms with Crippen LogP contribution in [-0.2, 0) is 0 Å². The molecule has 2 heteroatoms. The zero-order chi connectivity index (χ0) is 5.28. The Morgan fingerprint density at radius 3 is 1.75 bits per heavy atom. The van der Waals surface area contributed by atoms with E-state index in [0.29, 0.717) is 0 Å². The van der Waals surface area contributed by atoms with Crippen LogP contribution in [0.25, 0.3) is 0 Å². The maximum absolute atomic E-state index is 3.14. The molecule has 0 saturated carbocycles. The molecule has 0 aliphatic rings. The van der Waals surface area contributed by atoms with E-state index in [-0.39, 0.29) is 20.3 Å². The monoisotopic (exact) mass is 103 g/mol. The maximum Gasteiger partial charge on any atom is 1.00 e. The molecule has 0 aliphatic carbocycles. The van der Waals surface area contributed by atoms with Crippen molar-refractivity contribution in [2.75, 3.05) is 0 Å². The second-order valence-electron chi connectivity index (χ2n) is 1.82. The van der Waals surface area contributed by atoms with Gasteiger partial charge in [0.25, 0.3) is 0 Å². The third-order valence-corrected chi connectivity index (χ3v) is 0.978. The Morgan fingerprint density at radius 2 is 1.62 bits per heavy atom. The van der Waals surface area contributed by atoms with E-state index in [0.717, 1.165) is 0 Å². The Bertz CT molecular complexity index is 145. The Hall–Kier alpha value is -0.123. The van der Waals surface area contributed by atoms with E-state index in [1.165, 1.54) is 11.4 Å². The average molecular weight is 103 g/mol. The number of aromatic nitrogens is 1. The maximum atomic E-state index is 3.14. The van der Waals surface area contributed by atoms with E-state index in [1.54, 1.807) is 0 Å². The van der Waals surface area contributed by atoms with Gasteiger partial charge in [-0.1, -0.05) is 0 Å². The van der Waals surface area contributed by atoms with E-state index in [9.17, 15) is 0 Å². The molecule has 0 saturated heterocycles. The normalized spacial score (nSPS) is 8.25. The van der Waals surface area contributed by atoms with Gasteiger partial charge in [-0.3, -0.25) is 0 Å². The van der Waals surface area contributed by atoms with E-state index in [4.69, 9.17) is 0 Å². The molecule has 0 aliphatic heterocycles. The Morgan fingerprint density at radius 1 is 1.25 bits per heavy atom. The zero-order valence-corrected chi connectivity index (χ0v) is 5.65. The number of rotatable bonds is 0. The number of hydrogen-bond acceptors (Lipinski definition) is 0. The fourth-order valence-electron chi connectivity index (χ4n) is 0.644. The van der Waals surface area contributed by atoms with E-state index < -0.39 is 0 Å². The molecule has 0 atom stereocenters. The topological polar surface area (TPSA) is 15.8 Å². The van der Waals surface area contributed by atoms with Crippen molar-refractivity contribution in [2.45, 2.75) is 13.8 Å². The van der Waals surface area contributed by atoms with E-state index >= 15 is 0 Å². The number of aryl methyl sites for hydroxylation is 2. The van der Waals surface area contributed by atoms with Gasteiger partial charge in [0, 0.05) is 11.4 Å². The molecule has 8 heavy (non-hydrogen) atoms. The van der Waals surface area contributed by atoms with Crippen molar-refractivity contribution in [2.24, 2.45) is 0 Å². The Labute approximate surface area is 63.2 Å². The predicted molar refractivity (Wildman–Crippen MR) is 31.4 cm³/mol. The van der Waals surface area contributed by atoms with Crippen LogP contribution in [0.3, 0.4) is 0 Å². The van der Waals surface area contributed by atoms with Crippen LogP contribution >= 0.6 is 0 Å². The van der Waals surface area contributed by atoms with Crippen LogP contribution in [0.15, 0.2) is 12.1 Å². The third-order valence-electron chi connectivity index (χ3n) is 0.978. The summed E-state index contributed by atoms with van der Waals surface area (Å²) in [6.45, 7) is 4.10. The van der Waals surface area contributed by atoms with Gasteiger partial charge >= 0.3 is 18.9 Å². The summed E-state index contributed by atoms with van der Waals surface area (Å²) in [5.74, 6) is 0. The van der Waals surface area contributed by atoms with Crippen LogP contribution in [0.1, 0.15) is 12.8 Å². The molecule has 0 radical (unpaired) electrons. The molecule has 1 rings (SSSR count). The van der Waals surface area contributed by atoms with Gasteiger partial charge in [-0.2, -0.15) is 0 Å². The molecule has 1 aromatic heterocycles. The quantitative estimate of drug-likeness (QED) is 0.395. The Kier molecular flexibility index (Phi) is 2.97. The minimum absolute atomic E-state index is 0. The predicted octanol–water partition coefficient (Wildman–Crippen LogP) is -1.25. The summed E-state index contributed by atoms with van der Waals surface area (Å²) in [6.07, 6.45) is 0. The molecule has 0 aromatic carbocycles. The smallest absolute Gasteiger partial charge is 1.00 e. The van der Waals surface area contributed by atoms with Crippen molar-refractivity contribution in [3.8, 4) is 0 Å². The van der Waals surface area contributed by atoms with Crippen LogP contribution in [0.4, 0.5) is 0 Å². The van der Waals surface area contributed by atoms with Gasteiger partial charge in [0.15, 0.2) is 0 Å². The molecular weight excluding hydrogens is 93.0 g/mol. The summed E-state index contributed by atoms with van der Waals surface area (Å²) in [5, 5.41) is 0. The molecule has 0 amide bonds. The fraction of sp³-hybridized carbons (Fsp3) is 0.333. The summed E-state index contributed by atoms with van der Waals surface area (Å²) in [5.41, 5.74) is 2.47. The third kappa shape index (κ3) is 1.77. The van der Waals surface area contributed by atoms with Crippen molar-refractivity contribution in [1.29, 1.82) is 0 Å². The van der Waals surface area contributed by atoms with Gasteiger partial charge in [-0.25, -0.2) is 0 Å². The largest absolute Gasteiger partial charge is 1.00 e. The summed E-state index contributed by atoms with van der Waals surface area (Å²) in [7, 11) is 0. The average Bonchev–Trinajstić information content (AvgIpc) is 1.87. The van der Waals surface area contributed by atoms with Crippen molar-refractivity contribution >= 4 is 0 Å². The molecule has 0 spiro atoms. The van der Waals surface area contributed by atoms with Crippen LogP contribution in [0.5, 0.6) is 0 Å². The Balaban J connectivity index is 0. The molecule has 40 valence electrons. The van der Waals surface area contributed by atoms with Gasteiger partial charge in [0.05, 0.1) is 0 Å². The molecule has 1 heterocycles. The minimum atomic E-state index is 0. The molecular formula is C6H10LiN. The second-order valence-corrected chi connectivity index (χ2v) is 1.82. The van der Waals surface area contributed by atoms with E-state index in [1.807, 2.05) is 13.8 Å². The van der Waals surface area contributed by atoms with Crippen molar-refractivity contribution in [1.82, 2.24) is 4.98 Å². The first-order valence-corrected chi connectivity index (χ1v) is 2.41. The van der Waals surface area contributed by atoms with Gasteiger partial charge in [0.1, 0.15) is 0 Å². The van der Waals surface area contributed by atoms with E-state index in [2.05, 4.69) is 17.1 Å². The first-order valence-electron chi connectivity index (χ1n) is 2.41. The van der Waals surface area contributed by atoms with Crippen molar-refractivity contribution in [3.63, 3.8) is 0 Å². The van der Waals surface area contributed by atoms with Crippen LogP contribution < -0.4 is 18.9 Å². The summed E-state index contributed by atoms with van der Waals surface area (Å²) >= 11 is 0. The summed E-state index contributed by atoms with van der Waals surface area (Å²) in [6, 6.07) is 4.13. The number of aromatic amines is 1. The van der Waals surface area contributed by atoms with Crippen molar-refractivity contribution < 1.29 is 20.3 Å². The van der Waals surface area contributed by atoms with Crippen LogP contribution in [-0.4, -0.2) is 4.98 Å². The zero-order valence-electron chi connectivity index (χ0n) is 6.65. The van der Waals surface area contributed by atoms with Gasteiger partial charge < -0.3 is 6.41 Å². The molecule has 0 unspecified atom stereocenters. The van der Waals surface area contributed by atoms with Crippen molar-refractivity contribution in [3.05, 3.63) is 23.5 Å². The number of H-pyrrole nitrogens is 1. The molecule has 1 nitrogen and oxygen atoms in total. The first kappa shape index (κ1) is 7.88. The van der Waals surface area contributed by atoms with Crippen LogP contribution in [0.2, 0.25) is 0 Å². The molecule has 1 aromatic rings. The second kappa shape index (κ2) is 3.01. The van der Waals surface area contributed by atoms with Crippen LogP contribution in [0, 0.1) is 13.8 Å². The SMILES string of the molecule is Cc1ccc(C)[nH]1.[H-].[Li+]. The minimum Gasteiger partial charge on any atom is -1.00 e. The van der Waals surface area contributed by atoms with Gasteiger partial charge in [0.2, 0.25) is 0 Å². The number of nitrogens with one attached hydrogen (secondary N) is 1. The summed E-state index contributed by atoms with van der Waals surface area (Å²) < 4.78 is 0. The van der Waals surface area contributed by atoms with Gasteiger partial charge in [-0.05, 0) is 26.0 Å². The molecule has 0 fully saturated rings.